The van der Waals surface area contributed by atoms with Crippen molar-refractivity contribution in [3.63, 3.8) is 0 Å². The number of halogens is 3. The number of benzene rings is 2. The Morgan fingerprint density at radius 3 is 2.56 bits per heavy atom. The van der Waals surface area contributed by atoms with Crippen LogP contribution in [-0.4, -0.2) is 21.6 Å². The first-order valence-corrected chi connectivity index (χ1v) is 12.8. The van der Waals surface area contributed by atoms with E-state index in [1.807, 2.05) is 43.3 Å². The van der Waals surface area contributed by atoms with Crippen LogP contribution >= 0.6 is 0 Å². The number of aryl methyl sites for hydroxylation is 1. The predicted octanol–water partition coefficient (Wildman–Crippen LogP) is 6.70. The minimum Gasteiger partial charge on any atom is -0.385 e. The number of amides is 1. The molecule has 1 N–H and O–H groups in total. The first-order chi connectivity index (χ1) is 19.6. The van der Waals surface area contributed by atoms with Crippen LogP contribution in [-0.2, 0) is 11.0 Å². The van der Waals surface area contributed by atoms with E-state index >= 15 is 0 Å². The number of hydrogen-bond donors (Lipinski definition) is 1. The summed E-state index contributed by atoms with van der Waals surface area (Å²) < 4.78 is 38.8. The first kappa shape index (κ1) is 27.5. The van der Waals surface area contributed by atoms with Gasteiger partial charge in [0.25, 0.3) is 5.91 Å². The number of nitrogens with zero attached hydrogens (tertiary/aromatic N) is 4. The third kappa shape index (κ3) is 6.09. The summed E-state index contributed by atoms with van der Waals surface area (Å²) in [6.45, 7) is 3.55. The van der Waals surface area contributed by atoms with Crippen LogP contribution in [0, 0.1) is 18.3 Å². The Balaban J connectivity index is 1.47. The Kier molecular flexibility index (Phi) is 7.53. The van der Waals surface area contributed by atoms with E-state index in [2.05, 4.69) is 26.5 Å². The Morgan fingerprint density at radius 1 is 1.07 bits per heavy atom. The van der Waals surface area contributed by atoms with Gasteiger partial charge in [-0.1, -0.05) is 29.4 Å². The molecule has 4 aromatic rings. The molecule has 0 radical (unpaired) electrons. The fourth-order valence-corrected chi connectivity index (χ4v) is 4.55. The van der Waals surface area contributed by atoms with Crippen LogP contribution in [0.5, 0.6) is 0 Å². The van der Waals surface area contributed by atoms with Gasteiger partial charge in [0.1, 0.15) is 5.69 Å². The highest BCUT2D eigenvalue weighted by atomic mass is 19.4. The fourth-order valence-electron chi connectivity index (χ4n) is 4.55. The highest BCUT2D eigenvalue weighted by Crippen LogP contribution is 2.32. The SMILES string of the molecule is Cc1ccc(-c2cc(C(=O)N[C@H](C)c3ccc(C(F)(F)F)nc3)cc(C3=NOC(c4ccccn4)C3)c2)c(C#N)c1. The van der Waals surface area contributed by atoms with E-state index in [4.69, 9.17) is 4.84 Å². The average molecular weight is 556 g/mol. The predicted molar refractivity (Wildman–Crippen MR) is 146 cm³/mol. The molecule has 2 aromatic heterocycles. The normalized spacial score (nSPS) is 15.4. The zero-order valence-electron chi connectivity index (χ0n) is 22.1. The highest BCUT2D eigenvalue weighted by molar-refractivity contribution is 6.05. The minimum atomic E-state index is -4.55. The molecule has 10 heteroatoms. The van der Waals surface area contributed by atoms with Crippen LogP contribution in [0.2, 0.25) is 0 Å². The van der Waals surface area contributed by atoms with E-state index in [1.54, 1.807) is 31.3 Å². The lowest BCUT2D eigenvalue weighted by Gasteiger charge is -2.16. The van der Waals surface area contributed by atoms with E-state index < -0.39 is 23.8 Å². The lowest BCUT2D eigenvalue weighted by molar-refractivity contribution is -0.141. The maximum atomic E-state index is 13.4. The lowest BCUT2D eigenvalue weighted by Crippen LogP contribution is -2.27. The van der Waals surface area contributed by atoms with Gasteiger partial charge in [-0.05, 0) is 78.6 Å². The molecule has 7 nitrogen and oxygen atoms in total. The van der Waals surface area contributed by atoms with Gasteiger partial charge in [0, 0.05) is 29.9 Å². The molecule has 2 atom stereocenters. The number of alkyl halides is 3. The standard InChI is InChI=1S/C31H24F3N5O2/c1-18-6-8-25(24(11-18)16-35)21-12-22(27-15-28(41-39-27)26-5-3-4-10-36-26)14-23(13-21)30(40)38-19(2)20-7-9-29(37-17-20)31(32,33)34/h3-14,17,19,28H,15H2,1-2H3,(H,38,40)/t19-,28?/m1/s1. The van der Waals surface area contributed by atoms with Gasteiger partial charge >= 0.3 is 6.18 Å². The van der Waals surface area contributed by atoms with E-state index in [0.29, 0.717) is 39.9 Å². The zero-order valence-corrected chi connectivity index (χ0v) is 22.1. The molecule has 5 rings (SSSR count). The molecule has 0 saturated carbocycles. The molecular formula is C31H24F3N5O2. The number of aromatic nitrogens is 2. The van der Waals surface area contributed by atoms with Crippen molar-refractivity contribution < 1.29 is 22.8 Å². The van der Waals surface area contributed by atoms with E-state index in [0.717, 1.165) is 23.5 Å². The molecule has 206 valence electrons. The number of pyridine rings is 2. The monoisotopic (exact) mass is 555 g/mol. The summed E-state index contributed by atoms with van der Waals surface area (Å²) in [6, 6.07) is 20.0. The molecular weight excluding hydrogens is 531 g/mol. The van der Waals surface area contributed by atoms with Gasteiger partial charge in [0.2, 0.25) is 0 Å². The van der Waals surface area contributed by atoms with Gasteiger partial charge in [-0.2, -0.15) is 18.4 Å². The van der Waals surface area contributed by atoms with Crippen LogP contribution in [0.15, 0.2) is 84.3 Å². The van der Waals surface area contributed by atoms with E-state index in [9.17, 15) is 23.2 Å². The van der Waals surface area contributed by atoms with Crippen molar-refractivity contribution in [2.75, 3.05) is 0 Å². The van der Waals surface area contributed by atoms with Crippen molar-refractivity contribution in [2.45, 2.75) is 38.6 Å². The molecule has 0 saturated heterocycles. The van der Waals surface area contributed by atoms with Crippen LogP contribution in [0.25, 0.3) is 11.1 Å². The van der Waals surface area contributed by atoms with Crippen molar-refractivity contribution >= 4 is 11.6 Å². The number of carbonyl (C=O) groups is 1. The molecule has 0 aliphatic carbocycles. The van der Waals surface area contributed by atoms with Gasteiger partial charge in [0.05, 0.1) is 29.1 Å². The van der Waals surface area contributed by atoms with Crippen LogP contribution in [0.4, 0.5) is 13.2 Å². The van der Waals surface area contributed by atoms with E-state index in [1.165, 1.54) is 6.07 Å². The smallest absolute Gasteiger partial charge is 0.385 e. The fraction of sp³-hybridized carbons (Fsp3) is 0.194. The highest BCUT2D eigenvalue weighted by Gasteiger charge is 2.32. The number of hydrogen-bond acceptors (Lipinski definition) is 6. The molecule has 41 heavy (non-hydrogen) atoms. The summed E-state index contributed by atoms with van der Waals surface area (Å²) >= 11 is 0. The molecule has 1 aliphatic heterocycles. The lowest BCUT2D eigenvalue weighted by atomic mass is 9.92. The summed E-state index contributed by atoms with van der Waals surface area (Å²) in [6.07, 6.45) is -1.73. The molecule has 0 bridgehead atoms. The van der Waals surface area contributed by atoms with Crippen LogP contribution in [0.1, 0.15) is 69.5 Å². The Morgan fingerprint density at radius 2 is 1.88 bits per heavy atom. The topological polar surface area (TPSA) is 100 Å². The number of oxime groups is 1. The van der Waals surface area contributed by atoms with Gasteiger partial charge in [0.15, 0.2) is 6.10 Å². The minimum absolute atomic E-state index is 0.290. The second kappa shape index (κ2) is 11.2. The second-order valence-corrected chi connectivity index (χ2v) is 9.72. The summed E-state index contributed by atoms with van der Waals surface area (Å²) in [5.74, 6) is -0.452. The van der Waals surface area contributed by atoms with E-state index in [-0.39, 0.29) is 11.7 Å². The number of nitrogens with one attached hydrogen (secondary N) is 1. The molecule has 2 aromatic carbocycles. The third-order valence-electron chi connectivity index (χ3n) is 6.75. The first-order valence-electron chi connectivity index (χ1n) is 12.8. The van der Waals surface area contributed by atoms with Gasteiger partial charge in [-0.15, -0.1) is 0 Å². The Hall–Kier alpha value is -5.04. The molecule has 1 aliphatic rings. The van der Waals surface area contributed by atoms with Gasteiger partial charge < -0.3 is 10.2 Å². The van der Waals surface area contributed by atoms with Crippen molar-refractivity contribution in [3.05, 3.63) is 118 Å². The average Bonchev–Trinajstić information content (AvgIpc) is 3.47. The summed E-state index contributed by atoms with van der Waals surface area (Å²) in [5.41, 5.74) is 4.33. The number of rotatable bonds is 6. The Bertz CT molecular complexity index is 1660. The van der Waals surface area contributed by atoms with Gasteiger partial charge in [-0.3, -0.25) is 14.8 Å². The zero-order chi connectivity index (χ0) is 29.1. The van der Waals surface area contributed by atoms with Crippen molar-refractivity contribution in [1.29, 1.82) is 5.26 Å². The van der Waals surface area contributed by atoms with Gasteiger partial charge in [-0.25, -0.2) is 0 Å². The largest absolute Gasteiger partial charge is 0.433 e. The number of nitriles is 1. The summed E-state index contributed by atoms with van der Waals surface area (Å²) in [7, 11) is 0. The molecule has 1 unspecified atom stereocenters. The number of carbonyl (C=O) groups excluding carboxylic acids is 1. The maximum Gasteiger partial charge on any atom is 0.433 e. The van der Waals surface area contributed by atoms with Crippen LogP contribution < -0.4 is 5.32 Å². The molecule has 0 spiro atoms. The summed E-state index contributed by atoms with van der Waals surface area (Å²) in [4.78, 5) is 26.9. The summed E-state index contributed by atoms with van der Waals surface area (Å²) in [5, 5.41) is 16.9. The maximum absolute atomic E-state index is 13.4. The molecule has 3 heterocycles. The Labute approximate surface area is 234 Å². The molecule has 1 amide bonds. The van der Waals surface area contributed by atoms with Crippen molar-refractivity contribution in [1.82, 2.24) is 15.3 Å². The van der Waals surface area contributed by atoms with Crippen molar-refractivity contribution in [3.8, 4) is 17.2 Å². The quantitative estimate of drug-likeness (QED) is 0.285. The van der Waals surface area contributed by atoms with Crippen molar-refractivity contribution in [2.24, 2.45) is 5.16 Å². The third-order valence-corrected chi connectivity index (χ3v) is 6.75. The second-order valence-electron chi connectivity index (χ2n) is 9.72. The van der Waals surface area contributed by atoms with Crippen LogP contribution in [0.3, 0.4) is 0 Å². The molecule has 0 fully saturated rings.